The van der Waals surface area contributed by atoms with Gasteiger partial charge < -0.3 is 90.9 Å². The van der Waals surface area contributed by atoms with Gasteiger partial charge in [0.15, 0.2) is 6.10 Å². The number of carbonyl (C=O) groups is 10. The van der Waals surface area contributed by atoms with Gasteiger partial charge in [-0.2, -0.15) is 0 Å². The van der Waals surface area contributed by atoms with E-state index in [0.29, 0.717) is 48.4 Å². The first-order valence-electron chi connectivity index (χ1n) is 38.2. The van der Waals surface area contributed by atoms with E-state index < -0.39 is 137 Å². The van der Waals surface area contributed by atoms with Gasteiger partial charge in [-0.25, -0.2) is 19.1 Å². The van der Waals surface area contributed by atoms with Gasteiger partial charge in [-0.05, 0) is 126 Å². The van der Waals surface area contributed by atoms with Crippen molar-refractivity contribution >= 4 is 70.8 Å². The molecule has 32 heteroatoms. The third kappa shape index (κ3) is 24.7. The number of carboxylic acids is 2. The number of aromatic nitrogens is 3. The first-order chi connectivity index (χ1) is 53.6. The fourth-order valence-corrected chi connectivity index (χ4v) is 13.3. The summed E-state index contributed by atoms with van der Waals surface area (Å²) in [7, 11) is 6.58. The van der Waals surface area contributed by atoms with Crippen LogP contribution in [0.3, 0.4) is 0 Å². The van der Waals surface area contributed by atoms with Gasteiger partial charge in [-0.3, -0.25) is 38.9 Å². The quantitative estimate of drug-likeness (QED) is 0.0152. The van der Waals surface area contributed by atoms with E-state index in [1.165, 1.54) is 36.1 Å². The molecule has 0 bridgehead atoms. The van der Waals surface area contributed by atoms with Crippen LogP contribution < -0.4 is 46.9 Å². The van der Waals surface area contributed by atoms with Crippen molar-refractivity contribution in [2.24, 2.45) is 18.4 Å². The molecule has 0 spiro atoms. The van der Waals surface area contributed by atoms with Crippen molar-refractivity contribution in [1.82, 2.24) is 51.8 Å². The molecule has 114 heavy (non-hydrogen) atoms. The fourth-order valence-electron chi connectivity index (χ4n) is 13.3. The standard InChI is InChI=1S/C82H114N12O20/c1-47(2)58(40-48(3)75(105)106)92(14)74(104)71(79(4,5)6)89-73(103)70(83-13)82(11,12)52-25-23-26-53(42-52)87-78(109)111-46-49-32-33-59(113-77-68(101)66(99)67(100)69(114-77)76(107)108)51(41-49)43-85-61(96)35-38-84-72(102)56(44-86-60(95)34-36-81(9,10)112-39-37-80(7,8)110-16)88-62(97)30-21-22-31-63(98)94-45-50-24-17-18-27-54(50)64-65(93(15)91-90-64)55-28-19-20-29-57(55)94/h17-20,23-29,32-33,40-42,47,56,58,66-71,77,83,99-101H,21-22,30-31,34-39,43-46H2,1-16H3,(H,84,102)(H,85,96)(H,86,95)(H,87,109)(H,88,97)(H,89,103)(H,105,106)(H,107,108)/b48-40+/t56-,58+,66-,67-,68+,69-,70+,71+,77+/m0/s1. The molecule has 8 amide bonds. The van der Waals surface area contributed by atoms with Gasteiger partial charge >= 0.3 is 18.0 Å². The summed E-state index contributed by atoms with van der Waals surface area (Å²) < 4.78 is 30.3. The maximum Gasteiger partial charge on any atom is 0.411 e. The molecule has 2 aliphatic rings. The molecule has 9 atom stereocenters. The Morgan fingerprint density at radius 3 is 2.07 bits per heavy atom. The predicted molar refractivity (Wildman–Crippen MR) is 423 cm³/mol. The van der Waals surface area contributed by atoms with Crippen molar-refractivity contribution in [3.8, 4) is 28.3 Å². The van der Waals surface area contributed by atoms with Gasteiger partial charge in [-0.15, -0.1) is 5.10 Å². The number of anilines is 2. The number of nitrogens with one attached hydrogen (secondary N) is 7. The van der Waals surface area contributed by atoms with Crippen LogP contribution in [0, 0.1) is 11.3 Å². The van der Waals surface area contributed by atoms with Crippen molar-refractivity contribution in [3.05, 3.63) is 125 Å². The van der Waals surface area contributed by atoms with Crippen LogP contribution in [-0.4, -0.2) is 212 Å². The lowest BCUT2D eigenvalue weighted by Crippen LogP contribution is -2.61. The Morgan fingerprint density at radius 2 is 1.40 bits per heavy atom. The number of likely N-dealkylation sites (N-methyl/N-ethyl adjacent to an activating group) is 2. The number of nitrogens with zero attached hydrogens (tertiary/aromatic N) is 5. The van der Waals surface area contributed by atoms with E-state index in [1.807, 2.05) is 125 Å². The lowest BCUT2D eigenvalue weighted by molar-refractivity contribution is -0.271. The zero-order chi connectivity index (χ0) is 84.3. The fraction of sp³-hybridized carbons (Fsp3) is 0.537. The zero-order valence-electron chi connectivity index (χ0n) is 68.0. The highest BCUT2D eigenvalue weighted by Crippen LogP contribution is 2.42. The number of unbranched alkanes of at least 4 members (excludes halogenated alkanes) is 1. The first kappa shape index (κ1) is 91.0. The van der Waals surface area contributed by atoms with Crippen molar-refractivity contribution in [3.63, 3.8) is 0 Å². The van der Waals surface area contributed by atoms with Gasteiger partial charge in [0.05, 0.1) is 47.8 Å². The molecule has 0 radical (unpaired) electrons. The number of carboxylic acid groups (broad SMARTS) is 2. The third-order valence-corrected chi connectivity index (χ3v) is 20.5. The Balaban J connectivity index is 1.01. The molecule has 1 aromatic heterocycles. The summed E-state index contributed by atoms with van der Waals surface area (Å²) in [6, 6.07) is 22.2. The normalized spacial score (nSPS) is 17.5. The number of carbonyl (C=O) groups excluding carboxylic acids is 8. The van der Waals surface area contributed by atoms with Crippen LogP contribution in [0.25, 0.3) is 22.5 Å². The molecule has 1 saturated heterocycles. The number of rotatable bonds is 38. The van der Waals surface area contributed by atoms with Gasteiger partial charge in [0.25, 0.3) is 0 Å². The largest absolute Gasteiger partial charge is 0.479 e. The van der Waals surface area contributed by atoms with E-state index >= 15 is 0 Å². The molecule has 5 aromatic rings. The van der Waals surface area contributed by atoms with Crippen LogP contribution in [0.1, 0.15) is 157 Å². The molecule has 4 aromatic carbocycles. The monoisotopic (exact) mass is 1590 g/mol. The molecule has 32 nitrogen and oxygen atoms in total. The highest BCUT2D eigenvalue weighted by molar-refractivity contribution is 6.00. The second kappa shape index (κ2) is 40.2. The second-order valence-electron chi connectivity index (χ2n) is 32.0. The first-order valence-corrected chi connectivity index (χ1v) is 38.2. The summed E-state index contributed by atoms with van der Waals surface area (Å²) in [5, 5.41) is 79.8. The average Bonchev–Trinajstić information content (AvgIpc) is 1.55. The van der Waals surface area contributed by atoms with E-state index in [2.05, 4.69) is 47.5 Å². The molecule has 3 heterocycles. The number of aliphatic hydroxyl groups excluding tert-OH is 3. The molecule has 0 saturated carbocycles. The Kier molecular flexibility index (Phi) is 32.1. The lowest BCUT2D eigenvalue weighted by atomic mass is 9.76. The van der Waals surface area contributed by atoms with Crippen LogP contribution >= 0.6 is 0 Å². The number of methoxy groups -OCH3 is 1. The molecule has 0 aliphatic carbocycles. The Hall–Kier alpha value is -10.2. The van der Waals surface area contributed by atoms with Gasteiger partial charge in [0.1, 0.15) is 48.4 Å². The highest BCUT2D eigenvalue weighted by Gasteiger charge is 2.49. The predicted octanol–water partition coefficient (Wildman–Crippen LogP) is 6.30. The van der Waals surface area contributed by atoms with E-state index in [-0.39, 0.29) is 92.7 Å². The summed E-state index contributed by atoms with van der Waals surface area (Å²) in [4.78, 5) is 139. The minimum Gasteiger partial charge on any atom is -0.479 e. The van der Waals surface area contributed by atoms with E-state index in [1.54, 1.807) is 62.1 Å². The third-order valence-electron chi connectivity index (χ3n) is 20.5. The van der Waals surface area contributed by atoms with E-state index in [0.717, 1.165) is 22.4 Å². The number of amides is 8. The minimum atomic E-state index is -2.04. The van der Waals surface area contributed by atoms with E-state index in [4.69, 9.17) is 23.7 Å². The highest BCUT2D eigenvalue weighted by atomic mass is 16.7. The number of aryl methyl sites for hydroxylation is 1. The molecule has 622 valence electrons. The SMILES string of the molecule is CN[C@H](C(=O)N[C@H](C(=O)N(C)[C@H](/C=C(\C)C(=O)O)C(C)C)C(C)(C)C)C(C)(C)c1cccc(NC(=O)OCc2ccc(O[C@@H]3O[C@H](C(=O)O)[C@@H](O)[C@H](O)[C@H]3O)c(CNC(=O)CCNC(=O)[C@H](CNC(=O)CCC(C)(C)OCCC(C)(C)OC)NC(=O)CCCCC(=O)N3Cc4ccccc4-c4nnn(C)c4-c4ccccc43)c2)c1. The second-order valence-corrected chi connectivity index (χ2v) is 32.0. The zero-order valence-corrected chi connectivity index (χ0v) is 68.0. The maximum atomic E-state index is 14.4. The van der Waals surface area contributed by atoms with Crippen molar-refractivity contribution < 1.29 is 97.2 Å². The average molecular weight is 1590 g/mol. The number of fused-ring (bicyclic) bond motifs is 5. The Bertz CT molecular complexity index is 4260. The summed E-state index contributed by atoms with van der Waals surface area (Å²) in [6.45, 7) is 21.1. The van der Waals surface area contributed by atoms with Gasteiger partial charge in [-0.1, -0.05) is 120 Å². The molecular weight excluding hydrogens is 1470 g/mol. The Morgan fingerprint density at radius 1 is 0.728 bits per heavy atom. The van der Waals surface area contributed by atoms with Crippen molar-refractivity contribution in [2.75, 3.05) is 51.1 Å². The molecule has 0 unspecified atom stereocenters. The minimum absolute atomic E-state index is 0.00830. The molecule has 2 aliphatic heterocycles. The summed E-state index contributed by atoms with van der Waals surface area (Å²) in [5.74, 6) is -6.54. The van der Waals surface area contributed by atoms with Crippen molar-refractivity contribution in [2.45, 2.75) is 226 Å². The summed E-state index contributed by atoms with van der Waals surface area (Å²) in [5.41, 5.74) is 3.08. The summed E-state index contributed by atoms with van der Waals surface area (Å²) >= 11 is 0. The van der Waals surface area contributed by atoms with Crippen LogP contribution in [0.5, 0.6) is 5.75 Å². The van der Waals surface area contributed by atoms with Crippen LogP contribution in [-0.2, 0) is 94.3 Å². The number of aliphatic hydroxyl groups is 3. The van der Waals surface area contributed by atoms with Gasteiger partial charge in [0.2, 0.25) is 47.6 Å². The number of para-hydroxylation sites is 1. The number of hydrogen-bond acceptors (Lipinski definition) is 21. The van der Waals surface area contributed by atoms with E-state index in [9.17, 15) is 73.5 Å². The number of hydrogen-bond donors (Lipinski definition) is 12. The Labute approximate surface area is 665 Å². The summed E-state index contributed by atoms with van der Waals surface area (Å²) in [6.07, 6.45) is -8.24. The lowest BCUT2D eigenvalue weighted by Gasteiger charge is -2.40. The molecular formula is C82H114N12O20. The number of aliphatic carboxylic acids is 2. The smallest absolute Gasteiger partial charge is 0.411 e. The topological polar surface area (TPSA) is 439 Å². The van der Waals surface area contributed by atoms with Crippen LogP contribution in [0.4, 0.5) is 16.2 Å². The molecule has 12 N–H and O–H groups in total. The number of benzene rings is 4. The van der Waals surface area contributed by atoms with Crippen molar-refractivity contribution in [1.29, 1.82) is 0 Å². The maximum absolute atomic E-state index is 14.4. The molecule has 7 rings (SSSR count). The van der Waals surface area contributed by atoms with Crippen LogP contribution in [0.2, 0.25) is 0 Å². The number of ether oxygens (including phenoxy) is 5. The molecule has 1 fully saturated rings. The van der Waals surface area contributed by atoms with Crippen LogP contribution in [0.15, 0.2) is 103 Å². The van der Waals surface area contributed by atoms with Gasteiger partial charge in [0, 0.05) is 99.9 Å².